The highest BCUT2D eigenvalue weighted by Crippen LogP contribution is 2.51. The van der Waals surface area contributed by atoms with Crippen LogP contribution in [0.4, 0.5) is 0 Å². The molecule has 32 heavy (non-hydrogen) atoms. The molecule has 0 radical (unpaired) electrons. The Bertz CT molecular complexity index is 1220. The highest BCUT2D eigenvalue weighted by molar-refractivity contribution is 7.94. The molecule has 1 aliphatic rings. The number of esters is 1. The fourth-order valence-electron chi connectivity index (χ4n) is 4.60. The lowest BCUT2D eigenvalue weighted by Crippen LogP contribution is -2.52. The van der Waals surface area contributed by atoms with Gasteiger partial charge in [0, 0.05) is 6.54 Å². The SMILES string of the molecule is COC(=O)[C@]1(S(=O)(=O)c2ccccc2)/C(=C/c2ccccc2)CN(C)[C@@H]1c1ccccc1. The number of sulfone groups is 1. The van der Waals surface area contributed by atoms with Crippen LogP contribution in [0.3, 0.4) is 0 Å². The predicted molar refractivity (Wildman–Crippen MR) is 125 cm³/mol. The van der Waals surface area contributed by atoms with Gasteiger partial charge in [0.1, 0.15) is 0 Å². The Morgan fingerprint density at radius 3 is 2.03 bits per heavy atom. The highest BCUT2D eigenvalue weighted by atomic mass is 32.2. The molecule has 1 aliphatic heterocycles. The molecule has 6 heteroatoms. The zero-order valence-electron chi connectivity index (χ0n) is 18.0. The van der Waals surface area contributed by atoms with E-state index >= 15 is 0 Å². The van der Waals surface area contributed by atoms with Crippen molar-refractivity contribution in [1.82, 2.24) is 4.90 Å². The summed E-state index contributed by atoms with van der Waals surface area (Å²) in [6, 6.07) is 26.1. The first-order valence-electron chi connectivity index (χ1n) is 10.3. The number of benzene rings is 3. The van der Waals surface area contributed by atoms with E-state index < -0.39 is 26.6 Å². The molecular formula is C26H25NO4S. The first-order chi connectivity index (χ1) is 15.4. The van der Waals surface area contributed by atoms with E-state index in [1.807, 2.05) is 72.6 Å². The van der Waals surface area contributed by atoms with Crippen LogP contribution in [0.25, 0.3) is 6.08 Å². The maximum atomic E-state index is 14.3. The van der Waals surface area contributed by atoms with Crippen LogP contribution in [0.15, 0.2) is 101 Å². The minimum atomic E-state index is -4.20. The lowest BCUT2D eigenvalue weighted by atomic mass is 9.88. The Morgan fingerprint density at radius 2 is 1.47 bits per heavy atom. The summed E-state index contributed by atoms with van der Waals surface area (Å²) in [5, 5.41) is 0. The Morgan fingerprint density at radius 1 is 0.938 bits per heavy atom. The van der Waals surface area contributed by atoms with Crippen molar-refractivity contribution in [1.29, 1.82) is 0 Å². The van der Waals surface area contributed by atoms with E-state index in [1.165, 1.54) is 19.2 Å². The number of likely N-dealkylation sites (tertiary alicyclic amines) is 1. The largest absolute Gasteiger partial charge is 0.468 e. The second-order valence-electron chi connectivity index (χ2n) is 7.85. The first-order valence-corrected chi connectivity index (χ1v) is 11.8. The van der Waals surface area contributed by atoms with Gasteiger partial charge in [0.15, 0.2) is 0 Å². The third-order valence-electron chi connectivity index (χ3n) is 5.94. The molecule has 1 fully saturated rings. The van der Waals surface area contributed by atoms with Gasteiger partial charge >= 0.3 is 5.97 Å². The topological polar surface area (TPSA) is 63.7 Å². The smallest absolute Gasteiger partial charge is 0.333 e. The Labute approximate surface area is 188 Å². The van der Waals surface area contributed by atoms with Crippen molar-refractivity contribution in [3.63, 3.8) is 0 Å². The van der Waals surface area contributed by atoms with Crippen LogP contribution in [0.1, 0.15) is 17.2 Å². The number of hydrogen-bond acceptors (Lipinski definition) is 5. The third-order valence-corrected chi connectivity index (χ3v) is 8.34. The van der Waals surface area contributed by atoms with E-state index in [-0.39, 0.29) is 4.90 Å². The van der Waals surface area contributed by atoms with Crippen LogP contribution >= 0.6 is 0 Å². The second-order valence-corrected chi connectivity index (χ2v) is 9.97. The summed E-state index contributed by atoms with van der Waals surface area (Å²) in [6.07, 6.45) is 1.80. The Hall–Kier alpha value is -3.22. The fourth-order valence-corrected chi connectivity index (χ4v) is 6.87. The maximum absolute atomic E-state index is 14.3. The molecule has 2 atom stereocenters. The molecule has 0 N–H and O–H groups in total. The quantitative estimate of drug-likeness (QED) is 0.550. The zero-order chi connectivity index (χ0) is 22.8. The summed E-state index contributed by atoms with van der Waals surface area (Å²) in [5.74, 6) is -0.790. The van der Waals surface area contributed by atoms with Crippen molar-refractivity contribution in [3.8, 4) is 0 Å². The number of hydrogen-bond donors (Lipinski definition) is 0. The molecule has 0 spiro atoms. The molecule has 0 aromatic heterocycles. The molecule has 164 valence electrons. The highest BCUT2D eigenvalue weighted by Gasteiger charge is 2.65. The molecule has 3 aromatic carbocycles. The minimum Gasteiger partial charge on any atom is -0.468 e. The lowest BCUT2D eigenvalue weighted by Gasteiger charge is -2.35. The molecular weight excluding hydrogens is 422 g/mol. The summed E-state index contributed by atoms with van der Waals surface area (Å²) in [7, 11) is -1.12. The summed E-state index contributed by atoms with van der Waals surface area (Å²) in [4.78, 5) is 15.6. The first kappa shape index (κ1) is 22.0. The summed E-state index contributed by atoms with van der Waals surface area (Å²) >= 11 is 0. The van der Waals surface area contributed by atoms with Gasteiger partial charge in [0.2, 0.25) is 14.6 Å². The zero-order valence-corrected chi connectivity index (χ0v) is 18.8. The van der Waals surface area contributed by atoms with Crippen LogP contribution in [0.5, 0.6) is 0 Å². The second kappa shape index (κ2) is 8.73. The summed E-state index contributed by atoms with van der Waals surface area (Å²) in [5.41, 5.74) is 2.04. The molecule has 1 heterocycles. The number of likely N-dealkylation sites (N-methyl/N-ethyl adjacent to an activating group) is 1. The van der Waals surface area contributed by atoms with Crippen molar-refractivity contribution in [2.75, 3.05) is 20.7 Å². The number of carbonyl (C=O) groups excluding carboxylic acids is 1. The molecule has 0 saturated carbocycles. The Balaban J connectivity index is 2.07. The van der Waals surface area contributed by atoms with Gasteiger partial charge in [-0.3, -0.25) is 4.90 Å². The number of ether oxygens (including phenoxy) is 1. The molecule has 4 rings (SSSR count). The van der Waals surface area contributed by atoms with E-state index in [1.54, 1.807) is 24.3 Å². The van der Waals surface area contributed by atoms with Gasteiger partial charge in [-0.05, 0) is 35.9 Å². The van der Waals surface area contributed by atoms with Gasteiger partial charge in [-0.1, -0.05) is 84.9 Å². The van der Waals surface area contributed by atoms with E-state index in [0.717, 1.165) is 11.1 Å². The minimum absolute atomic E-state index is 0.0839. The summed E-state index contributed by atoms with van der Waals surface area (Å²) < 4.78 is 31.9. The molecule has 0 bridgehead atoms. The van der Waals surface area contributed by atoms with Crippen molar-refractivity contribution in [2.24, 2.45) is 0 Å². The normalized spacial score (nSPS) is 22.7. The average Bonchev–Trinajstić information content (AvgIpc) is 3.13. The van der Waals surface area contributed by atoms with E-state index in [9.17, 15) is 13.2 Å². The van der Waals surface area contributed by atoms with Crippen molar-refractivity contribution in [2.45, 2.75) is 15.7 Å². The molecule has 0 unspecified atom stereocenters. The monoisotopic (exact) mass is 447 g/mol. The van der Waals surface area contributed by atoms with Crippen LogP contribution < -0.4 is 0 Å². The number of carbonyl (C=O) groups is 1. The van der Waals surface area contributed by atoms with Gasteiger partial charge in [0.25, 0.3) is 0 Å². The average molecular weight is 448 g/mol. The van der Waals surface area contributed by atoms with Crippen molar-refractivity contribution < 1.29 is 17.9 Å². The Kier molecular flexibility index (Phi) is 6.00. The van der Waals surface area contributed by atoms with Crippen LogP contribution in [-0.2, 0) is 19.4 Å². The molecule has 5 nitrogen and oxygen atoms in total. The lowest BCUT2D eigenvalue weighted by molar-refractivity contribution is -0.143. The van der Waals surface area contributed by atoms with Gasteiger partial charge in [-0.2, -0.15) is 0 Å². The molecule has 3 aromatic rings. The van der Waals surface area contributed by atoms with Gasteiger partial charge in [-0.25, -0.2) is 13.2 Å². The van der Waals surface area contributed by atoms with Gasteiger partial charge in [-0.15, -0.1) is 0 Å². The van der Waals surface area contributed by atoms with E-state index in [4.69, 9.17) is 4.74 Å². The van der Waals surface area contributed by atoms with Crippen LogP contribution in [-0.4, -0.2) is 44.7 Å². The van der Waals surface area contributed by atoms with Gasteiger partial charge < -0.3 is 4.74 Å². The summed E-state index contributed by atoms with van der Waals surface area (Å²) in [6.45, 7) is 0.301. The van der Waals surface area contributed by atoms with Crippen LogP contribution in [0.2, 0.25) is 0 Å². The van der Waals surface area contributed by atoms with E-state index in [2.05, 4.69) is 0 Å². The predicted octanol–water partition coefficient (Wildman–Crippen LogP) is 4.14. The standard InChI is InChI=1S/C26H25NO4S/c1-27-19-22(18-20-12-6-3-7-13-20)26(25(28)31-2,24(27)21-14-8-4-9-15-21)32(29,30)23-16-10-5-11-17-23/h3-18,24H,19H2,1-2H3/b22-18+/t24-,26+/m1/s1. The number of rotatable bonds is 5. The third kappa shape index (κ3) is 3.45. The molecule has 0 amide bonds. The fraction of sp³-hybridized carbons (Fsp3) is 0.192. The van der Waals surface area contributed by atoms with Gasteiger partial charge in [0.05, 0.1) is 18.0 Å². The van der Waals surface area contributed by atoms with Crippen molar-refractivity contribution >= 4 is 21.9 Å². The number of methoxy groups -OCH3 is 1. The van der Waals surface area contributed by atoms with Crippen molar-refractivity contribution in [3.05, 3.63) is 108 Å². The molecule has 0 aliphatic carbocycles. The number of nitrogens with zero attached hydrogens (tertiary/aromatic N) is 1. The van der Waals surface area contributed by atoms with Crippen LogP contribution in [0, 0.1) is 0 Å². The maximum Gasteiger partial charge on any atom is 0.333 e. The molecule has 1 saturated heterocycles. The van der Waals surface area contributed by atoms with E-state index in [0.29, 0.717) is 12.1 Å².